The molecule has 2 aliphatic heterocycles. The Hall–Kier alpha value is -2.38. The number of carbonyl (C=O) groups is 1. The van der Waals surface area contributed by atoms with Crippen LogP contribution in [-0.4, -0.2) is 66.1 Å². The number of hydrogen-bond acceptors (Lipinski definition) is 5. The first-order valence-corrected chi connectivity index (χ1v) is 9.11. The normalized spacial score (nSPS) is 21.2. The van der Waals surface area contributed by atoms with E-state index in [1.54, 1.807) is 35.4 Å². The number of nitrogens with zero attached hydrogens (tertiary/aromatic N) is 2. The Bertz CT molecular complexity index is 800. The van der Waals surface area contributed by atoms with Crippen molar-refractivity contribution >= 4 is 5.91 Å². The van der Waals surface area contributed by atoms with Crippen molar-refractivity contribution in [1.82, 2.24) is 14.8 Å². The molecule has 1 atom stereocenters. The van der Waals surface area contributed by atoms with Gasteiger partial charge in [0.2, 0.25) is 0 Å². The van der Waals surface area contributed by atoms with Crippen LogP contribution < -0.4 is 5.56 Å². The molecule has 0 radical (unpaired) electrons. The van der Waals surface area contributed by atoms with E-state index in [9.17, 15) is 9.59 Å². The highest BCUT2D eigenvalue weighted by Gasteiger charge is 2.26. The molecule has 1 unspecified atom stereocenters. The summed E-state index contributed by atoms with van der Waals surface area (Å²) >= 11 is 0. The van der Waals surface area contributed by atoms with Gasteiger partial charge in [0.1, 0.15) is 11.3 Å². The lowest BCUT2D eigenvalue weighted by Gasteiger charge is -2.35. The smallest absolute Gasteiger partial charge is 0.261 e. The third-order valence-corrected chi connectivity index (χ3v) is 5.07. The number of amides is 1. The predicted octanol–water partition coefficient (Wildman–Crippen LogP) is 1.57. The summed E-state index contributed by atoms with van der Waals surface area (Å²) in [6.07, 6.45) is 4.13. The van der Waals surface area contributed by atoms with E-state index in [0.29, 0.717) is 30.6 Å². The molecule has 1 amide bonds. The van der Waals surface area contributed by atoms with Crippen LogP contribution in [0.1, 0.15) is 23.2 Å². The van der Waals surface area contributed by atoms with Crippen molar-refractivity contribution in [1.29, 1.82) is 0 Å². The summed E-state index contributed by atoms with van der Waals surface area (Å²) in [5.74, 6) is 0.359. The molecule has 0 spiro atoms. The minimum Gasteiger partial charge on any atom is -0.463 e. The summed E-state index contributed by atoms with van der Waals surface area (Å²) < 4.78 is 11.0. The van der Waals surface area contributed by atoms with Crippen LogP contribution >= 0.6 is 0 Å². The molecular formula is C19H23N3O4. The molecule has 2 aromatic heterocycles. The first-order chi connectivity index (χ1) is 12.7. The quantitative estimate of drug-likeness (QED) is 0.899. The fourth-order valence-electron chi connectivity index (χ4n) is 3.60. The average Bonchev–Trinajstić information content (AvgIpc) is 3.36. The Morgan fingerprint density at radius 2 is 2.04 bits per heavy atom. The molecular weight excluding hydrogens is 334 g/mol. The van der Waals surface area contributed by atoms with Crippen molar-refractivity contribution < 1.29 is 13.9 Å². The monoisotopic (exact) mass is 357 g/mol. The number of aromatic amines is 1. The Morgan fingerprint density at radius 3 is 2.69 bits per heavy atom. The van der Waals surface area contributed by atoms with E-state index in [2.05, 4.69) is 9.88 Å². The summed E-state index contributed by atoms with van der Waals surface area (Å²) in [7, 11) is 0. The van der Waals surface area contributed by atoms with Gasteiger partial charge in [-0.25, -0.2) is 0 Å². The highest BCUT2D eigenvalue weighted by Crippen LogP contribution is 2.17. The summed E-state index contributed by atoms with van der Waals surface area (Å²) in [6.45, 7) is 4.68. The number of rotatable bonds is 4. The molecule has 2 aromatic rings. The van der Waals surface area contributed by atoms with Crippen molar-refractivity contribution in [2.45, 2.75) is 18.9 Å². The Morgan fingerprint density at radius 1 is 1.19 bits per heavy atom. The number of aromatic nitrogens is 1. The first-order valence-electron chi connectivity index (χ1n) is 9.11. The van der Waals surface area contributed by atoms with Gasteiger partial charge in [0, 0.05) is 39.3 Å². The van der Waals surface area contributed by atoms with Crippen molar-refractivity contribution in [3.05, 3.63) is 46.4 Å². The number of H-pyrrole nitrogens is 1. The van der Waals surface area contributed by atoms with Gasteiger partial charge in [-0.3, -0.25) is 14.5 Å². The Kier molecular flexibility index (Phi) is 4.90. The standard InChI is InChI=1S/C19H23N3O4/c23-18-15(5-6-16(20-18)17-4-2-12-26-17)19(24)22-9-7-21(8-10-22)13-14-3-1-11-25-14/h2,4-6,12,14H,1,3,7-11,13H2,(H,20,23). The number of furan rings is 1. The van der Waals surface area contributed by atoms with Gasteiger partial charge < -0.3 is 19.0 Å². The van der Waals surface area contributed by atoms with Crippen LogP contribution in [0.3, 0.4) is 0 Å². The van der Waals surface area contributed by atoms with E-state index in [0.717, 1.165) is 39.1 Å². The Balaban J connectivity index is 1.38. The van der Waals surface area contributed by atoms with Crippen LogP contribution in [0.15, 0.2) is 39.7 Å². The molecule has 0 aromatic carbocycles. The van der Waals surface area contributed by atoms with E-state index >= 15 is 0 Å². The maximum Gasteiger partial charge on any atom is 0.261 e. The summed E-state index contributed by atoms with van der Waals surface area (Å²) in [5, 5.41) is 0. The first kappa shape index (κ1) is 17.1. The molecule has 2 saturated heterocycles. The lowest BCUT2D eigenvalue weighted by Crippen LogP contribution is -2.51. The molecule has 1 N–H and O–H groups in total. The van der Waals surface area contributed by atoms with E-state index in [4.69, 9.17) is 9.15 Å². The number of hydrogen-bond donors (Lipinski definition) is 1. The number of carbonyl (C=O) groups excluding carboxylic acids is 1. The maximum absolute atomic E-state index is 12.7. The number of ether oxygens (including phenoxy) is 1. The lowest BCUT2D eigenvalue weighted by molar-refractivity contribution is 0.0432. The summed E-state index contributed by atoms with van der Waals surface area (Å²) in [6, 6.07) is 6.81. The molecule has 2 aliphatic rings. The summed E-state index contributed by atoms with van der Waals surface area (Å²) in [5.41, 5.74) is 0.358. The molecule has 0 bridgehead atoms. The molecule has 0 aliphatic carbocycles. The van der Waals surface area contributed by atoms with Crippen molar-refractivity contribution in [3.8, 4) is 11.5 Å². The number of piperazine rings is 1. The molecule has 138 valence electrons. The Labute approximate surface area is 151 Å². The summed E-state index contributed by atoms with van der Waals surface area (Å²) in [4.78, 5) is 31.9. The average molecular weight is 357 g/mol. The second-order valence-electron chi connectivity index (χ2n) is 6.82. The van der Waals surface area contributed by atoms with Crippen LogP contribution in [0.4, 0.5) is 0 Å². The fraction of sp³-hybridized carbons (Fsp3) is 0.474. The van der Waals surface area contributed by atoms with Gasteiger partial charge in [-0.15, -0.1) is 0 Å². The molecule has 7 heteroatoms. The van der Waals surface area contributed by atoms with E-state index < -0.39 is 0 Å². The molecule has 26 heavy (non-hydrogen) atoms. The van der Waals surface area contributed by atoms with Gasteiger partial charge in [0.05, 0.1) is 18.1 Å². The lowest BCUT2D eigenvalue weighted by atomic mass is 10.1. The zero-order valence-electron chi connectivity index (χ0n) is 14.6. The second-order valence-corrected chi connectivity index (χ2v) is 6.82. The predicted molar refractivity (Wildman–Crippen MR) is 96.1 cm³/mol. The van der Waals surface area contributed by atoms with E-state index in [1.807, 2.05) is 0 Å². The molecule has 7 nitrogen and oxygen atoms in total. The van der Waals surface area contributed by atoms with Gasteiger partial charge in [-0.2, -0.15) is 0 Å². The minimum absolute atomic E-state index is 0.174. The van der Waals surface area contributed by atoms with Gasteiger partial charge in [0.15, 0.2) is 0 Å². The highest BCUT2D eigenvalue weighted by atomic mass is 16.5. The number of nitrogens with one attached hydrogen (secondary N) is 1. The van der Waals surface area contributed by atoms with Crippen molar-refractivity contribution in [2.75, 3.05) is 39.3 Å². The zero-order valence-corrected chi connectivity index (χ0v) is 14.6. The van der Waals surface area contributed by atoms with Crippen molar-refractivity contribution in [2.24, 2.45) is 0 Å². The maximum atomic E-state index is 12.7. The molecule has 0 saturated carbocycles. The zero-order chi connectivity index (χ0) is 17.9. The van der Waals surface area contributed by atoms with Gasteiger partial charge in [0.25, 0.3) is 11.5 Å². The largest absolute Gasteiger partial charge is 0.463 e. The third kappa shape index (κ3) is 3.59. The second kappa shape index (κ2) is 7.47. The minimum atomic E-state index is -0.384. The third-order valence-electron chi connectivity index (χ3n) is 5.07. The van der Waals surface area contributed by atoms with E-state index in [1.165, 1.54) is 0 Å². The topological polar surface area (TPSA) is 78.8 Å². The molecule has 4 heterocycles. The van der Waals surface area contributed by atoms with Crippen LogP contribution in [0, 0.1) is 0 Å². The number of pyridine rings is 1. The van der Waals surface area contributed by atoms with Crippen molar-refractivity contribution in [3.63, 3.8) is 0 Å². The van der Waals surface area contributed by atoms with Crippen LogP contribution in [-0.2, 0) is 4.74 Å². The molecule has 4 rings (SSSR count). The highest BCUT2D eigenvalue weighted by molar-refractivity contribution is 5.94. The SMILES string of the molecule is O=C(c1ccc(-c2ccco2)[nH]c1=O)N1CCN(CC2CCCO2)CC1. The molecule has 2 fully saturated rings. The fourth-order valence-corrected chi connectivity index (χ4v) is 3.60. The van der Waals surface area contributed by atoms with Gasteiger partial charge in [-0.05, 0) is 37.1 Å². The van der Waals surface area contributed by atoms with E-state index in [-0.39, 0.29) is 17.0 Å². The van der Waals surface area contributed by atoms with Crippen LogP contribution in [0.5, 0.6) is 0 Å². The van der Waals surface area contributed by atoms with Gasteiger partial charge >= 0.3 is 0 Å². The van der Waals surface area contributed by atoms with Crippen LogP contribution in [0.2, 0.25) is 0 Å². The van der Waals surface area contributed by atoms with Crippen LogP contribution in [0.25, 0.3) is 11.5 Å². The van der Waals surface area contributed by atoms with Gasteiger partial charge in [-0.1, -0.05) is 0 Å².